The second-order valence-corrected chi connectivity index (χ2v) is 20.0. The van der Waals surface area contributed by atoms with Crippen LogP contribution in [0.1, 0.15) is 55.2 Å². The van der Waals surface area contributed by atoms with Gasteiger partial charge in [0, 0.05) is 50.8 Å². The molecule has 332 valence electrons. The highest BCUT2D eigenvalue weighted by Crippen LogP contribution is 2.54. The number of aliphatic hydroxyl groups is 3. The Kier molecular flexibility index (Phi) is 17.0. The van der Waals surface area contributed by atoms with Crippen LogP contribution in [0.5, 0.6) is 0 Å². The first-order valence-electron chi connectivity index (χ1n) is 19.3. The molecule has 1 aromatic heterocycles. The lowest BCUT2D eigenvalue weighted by molar-refractivity contribution is 0.00278. The SMILES string of the molecule is NNCC(O)(Cc1ccccc1Cl)C1(Cl)CC1.O=O.OC(Cc1ccccc1Cl)(CN1NCNC1=S)C1(Cl)CC1.OC(Cc1ccccc1Cl)(Cn1[nH]cnc1=S)C1(Cl)CC1. The summed E-state index contributed by atoms with van der Waals surface area (Å²) in [5.41, 5.74) is 4.98. The first-order chi connectivity index (χ1) is 28.9. The fourth-order valence-corrected chi connectivity index (χ4v) is 8.93. The zero-order chi connectivity index (χ0) is 44.7. The van der Waals surface area contributed by atoms with Crippen molar-refractivity contribution in [2.24, 2.45) is 5.84 Å². The van der Waals surface area contributed by atoms with Crippen molar-refractivity contribution >= 4 is 99.2 Å². The summed E-state index contributed by atoms with van der Waals surface area (Å²) in [6, 6.07) is 22.5. The second kappa shape index (κ2) is 20.8. The van der Waals surface area contributed by atoms with Crippen LogP contribution in [0.4, 0.5) is 0 Å². The number of β-amino-alcohol motifs (C(OH)–C–C–N with tert-alkyl or cyclic N) is 1. The van der Waals surface area contributed by atoms with Crippen molar-refractivity contribution in [2.45, 2.75) is 95.8 Å². The Bertz CT molecular complexity index is 2180. The standard InChI is InChI=1S/C14H17Cl2N3OS.C14H15Cl2N3OS.C12H16Cl2N2O.O2/c2*15-11-4-2-1-3-10(11)7-14(20,13(16)5-6-13)8-19-12(21)17-9-18-19;13-10-4-2-1-3-9(10)7-12(17,8-16-15)11(14)5-6-11;1-2/h1-4,18,20H,5-9H2,(H,17,21);1-4,9,20H,5-8H2,(H,17,18,21);1-4,16-17H,5-8,15H2;. The topological polar surface area (TPSA) is 194 Å². The Morgan fingerprint density at radius 3 is 1.43 bits per heavy atom. The molecule has 4 aromatic rings. The van der Waals surface area contributed by atoms with Gasteiger partial charge in [-0.05, 0) is 97.9 Å². The summed E-state index contributed by atoms with van der Waals surface area (Å²) in [6.45, 7) is 1.41. The van der Waals surface area contributed by atoms with Crippen molar-refractivity contribution in [3.8, 4) is 0 Å². The van der Waals surface area contributed by atoms with Crippen LogP contribution in [0.15, 0.2) is 79.1 Å². The molecule has 3 saturated carbocycles. The molecule has 3 aromatic carbocycles. The fraction of sp³-hybridized carbons (Fsp3) is 0.475. The lowest BCUT2D eigenvalue weighted by Crippen LogP contribution is -2.55. The Balaban J connectivity index is 0.000000171. The maximum atomic E-state index is 11.2. The highest BCUT2D eigenvalue weighted by Gasteiger charge is 2.60. The van der Waals surface area contributed by atoms with Crippen LogP contribution in [0, 0.1) is 14.7 Å². The number of nitrogens with zero attached hydrogens (tertiary/aromatic N) is 3. The molecular formula is C40H48Cl6N8O5S2. The molecule has 8 rings (SSSR count). The number of aromatic nitrogens is 3. The summed E-state index contributed by atoms with van der Waals surface area (Å²) in [4.78, 5) is 16.2. The number of H-pyrrole nitrogens is 1. The number of hydrogen-bond acceptors (Lipinski definition) is 11. The van der Waals surface area contributed by atoms with E-state index in [4.69, 9.17) is 110 Å². The van der Waals surface area contributed by atoms with Gasteiger partial charge in [0.25, 0.3) is 0 Å². The first kappa shape index (κ1) is 49.8. The summed E-state index contributed by atoms with van der Waals surface area (Å²) in [5, 5.41) is 43.2. The lowest BCUT2D eigenvalue weighted by atomic mass is 9.88. The molecule has 61 heavy (non-hydrogen) atoms. The summed E-state index contributed by atoms with van der Waals surface area (Å²) >= 11 is 48.3. The van der Waals surface area contributed by atoms with Gasteiger partial charge in [0.1, 0.15) is 23.1 Å². The Hall–Kier alpha value is -2.19. The van der Waals surface area contributed by atoms with E-state index < -0.39 is 31.4 Å². The van der Waals surface area contributed by atoms with Gasteiger partial charge in [0.15, 0.2) is 5.11 Å². The normalized spacial score (nSPS) is 20.4. The van der Waals surface area contributed by atoms with Gasteiger partial charge in [-0.3, -0.25) is 26.1 Å². The first-order valence-corrected chi connectivity index (χ1v) is 22.4. The quantitative estimate of drug-likeness (QED) is 0.0257. The van der Waals surface area contributed by atoms with E-state index in [1.165, 1.54) is 6.33 Å². The molecule has 0 bridgehead atoms. The molecule has 3 atom stereocenters. The molecule has 3 unspecified atom stereocenters. The molecule has 0 amide bonds. The van der Waals surface area contributed by atoms with Crippen molar-refractivity contribution in [3.63, 3.8) is 0 Å². The predicted octanol–water partition coefficient (Wildman–Crippen LogP) is 7.29. The van der Waals surface area contributed by atoms with Crippen molar-refractivity contribution < 1.29 is 15.3 Å². The van der Waals surface area contributed by atoms with Gasteiger partial charge < -0.3 is 20.6 Å². The molecule has 9 N–H and O–H groups in total. The van der Waals surface area contributed by atoms with Crippen molar-refractivity contribution in [1.82, 2.24) is 35.9 Å². The predicted molar refractivity (Wildman–Crippen MR) is 251 cm³/mol. The molecule has 4 fully saturated rings. The van der Waals surface area contributed by atoms with Crippen LogP contribution in [-0.2, 0) is 25.8 Å². The monoisotopic (exact) mass is 994 g/mol. The third-order valence-electron chi connectivity index (χ3n) is 11.5. The second-order valence-electron chi connectivity index (χ2n) is 15.8. The van der Waals surface area contributed by atoms with Gasteiger partial charge in [-0.15, -0.1) is 34.8 Å². The van der Waals surface area contributed by atoms with Crippen LogP contribution in [-0.4, -0.2) is 91.4 Å². The minimum atomic E-state index is -1.13. The van der Waals surface area contributed by atoms with E-state index in [9.17, 15) is 15.3 Å². The molecule has 0 spiro atoms. The van der Waals surface area contributed by atoms with Crippen molar-refractivity contribution in [1.29, 1.82) is 0 Å². The van der Waals surface area contributed by atoms with E-state index in [2.05, 4.69) is 26.3 Å². The van der Waals surface area contributed by atoms with E-state index in [-0.39, 0.29) is 13.1 Å². The summed E-state index contributed by atoms with van der Waals surface area (Å²) in [7, 11) is 0. The van der Waals surface area contributed by atoms with E-state index in [0.29, 0.717) is 57.4 Å². The van der Waals surface area contributed by atoms with Crippen LogP contribution >= 0.6 is 94.0 Å². The lowest BCUT2D eigenvalue weighted by Gasteiger charge is -2.36. The molecule has 4 aliphatic rings. The van der Waals surface area contributed by atoms with E-state index >= 15 is 0 Å². The molecule has 3 aliphatic carbocycles. The fourth-order valence-electron chi connectivity index (χ4n) is 7.28. The number of benzene rings is 3. The van der Waals surface area contributed by atoms with Gasteiger partial charge in [-0.2, -0.15) is 0 Å². The minimum absolute atomic E-state index is 0.252. The van der Waals surface area contributed by atoms with Gasteiger partial charge in [-0.1, -0.05) is 89.4 Å². The Morgan fingerprint density at radius 1 is 0.689 bits per heavy atom. The smallest absolute Gasteiger partial charge is 0.215 e. The average molecular weight is 998 g/mol. The third kappa shape index (κ3) is 12.1. The largest absolute Gasteiger partial charge is 0.386 e. The average Bonchev–Trinajstić information content (AvgIpc) is 4.20. The number of hydrazine groups is 2. The van der Waals surface area contributed by atoms with Gasteiger partial charge >= 0.3 is 0 Å². The summed E-state index contributed by atoms with van der Waals surface area (Å²) < 4.78 is 2.03. The molecule has 13 nitrogen and oxygen atoms in total. The van der Waals surface area contributed by atoms with Crippen LogP contribution < -0.4 is 22.0 Å². The van der Waals surface area contributed by atoms with E-state index in [1.54, 1.807) is 15.8 Å². The number of nitrogens with two attached hydrogens (primary N) is 1. The minimum Gasteiger partial charge on any atom is -0.386 e. The molecule has 1 aliphatic heterocycles. The maximum Gasteiger partial charge on any atom is 0.215 e. The highest BCUT2D eigenvalue weighted by atomic mass is 35.5. The van der Waals surface area contributed by atoms with E-state index in [1.807, 2.05) is 66.7 Å². The number of hydrogen-bond donors (Lipinski definition) is 8. The number of thiocarbonyl (C=S) groups is 1. The zero-order valence-electron chi connectivity index (χ0n) is 32.9. The number of nitrogens with one attached hydrogen (secondary N) is 4. The van der Waals surface area contributed by atoms with Crippen LogP contribution in [0.3, 0.4) is 0 Å². The summed E-state index contributed by atoms with van der Waals surface area (Å²) in [5.74, 6) is 5.33. The number of rotatable bonds is 15. The number of alkyl halides is 3. The number of halogens is 6. The van der Waals surface area contributed by atoms with Crippen molar-refractivity contribution in [3.05, 3.63) is 126 Å². The van der Waals surface area contributed by atoms with Gasteiger partial charge in [-0.25, -0.2) is 10.4 Å². The molecule has 1 saturated heterocycles. The number of aromatic amines is 1. The Morgan fingerprint density at radius 2 is 1.08 bits per heavy atom. The van der Waals surface area contributed by atoms with Gasteiger partial charge in [0.2, 0.25) is 4.77 Å². The van der Waals surface area contributed by atoms with Crippen LogP contribution in [0.2, 0.25) is 15.1 Å². The van der Waals surface area contributed by atoms with Crippen LogP contribution in [0.25, 0.3) is 0 Å². The highest BCUT2D eigenvalue weighted by molar-refractivity contribution is 7.80. The molecule has 0 radical (unpaired) electrons. The van der Waals surface area contributed by atoms with Crippen molar-refractivity contribution in [2.75, 3.05) is 19.8 Å². The third-order valence-corrected chi connectivity index (χ3v) is 15.5. The molecule has 21 heteroatoms. The maximum absolute atomic E-state index is 11.2. The molecular weight excluding hydrogens is 949 g/mol. The molecule has 2 heterocycles. The zero-order valence-corrected chi connectivity index (χ0v) is 39.0. The van der Waals surface area contributed by atoms with E-state index in [0.717, 1.165) is 55.2 Å². The summed E-state index contributed by atoms with van der Waals surface area (Å²) in [6.07, 6.45) is 7.43. The Labute approximate surface area is 394 Å². The van der Waals surface area contributed by atoms with Gasteiger partial charge in [0.05, 0.1) is 34.4 Å².